The number of ether oxygens (including phenoxy) is 1. The highest BCUT2D eigenvalue weighted by Gasteiger charge is 2.14. The number of nitrogens with zero attached hydrogens (tertiary/aromatic N) is 3. The summed E-state index contributed by atoms with van der Waals surface area (Å²) in [5.74, 6) is 0.774. The van der Waals surface area contributed by atoms with Gasteiger partial charge < -0.3 is 13.6 Å². The summed E-state index contributed by atoms with van der Waals surface area (Å²) >= 11 is 0. The molecule has 7 heteroatoms. The molecule has 0 radical (unpaired) electrons. The van der Waals surface area contributed by atoms with E-state index in [1.807, 2.05) is 36.4 Å². The number of rotatable bonds is 4. The summed E-state index contributed by atoms with van der Waals surface area (Å²) < 4.78 is 15.9. The van der Waals surface area contributed by atoms with E-state index in [1.165, 1.54) is 0 Å². The van der Waals surface area contributed by atoms with Gasteiger partial charge >= 0.3 is 11.6 Å². The molecule has 0 unspecified atom stereocenters. The molecule has 26 heavy (non-hydrogen) atoms. The van der Waals surface area contributed by atoms with Gasteiger partial charge in [-0.05, 0) is 29.8 Å². The Morgan fingerprint density at radius 2 is 1.92 bits per heavy atom. The van der Waals surface area contributed by atoms with E-state index < -0.39 is 5.63 Å². The average molecular weight is 347 g/mol. The van der Waals surface area contributed by atoms with Crippen molar-refractivity contribution in [2.45, 2.75) is 0 Å². The lowest BCUT2D eigenvalue weighted by molar-refractivity contribution is 0.415. The Labute approximate surface area is 147 Å². The molecular formula is C19H13N3O4. The molecule has 0 amide bonds. The molecule has 2 heterocycles. The van der Waals surface area contributed by atoms with Crippen LogP contribution in [0.2, 0.25) is 0 Å². The normalized spacial score (nSPS) is 11.3. The Kier molecular flexibility index (Phi) is 4.03. The van der Waals surface area contributed by atoms with Crippen LogP contribution in [0.4, 0.5) is 6.01 Å². The minimum Gasteiger partial charge on any atom is -0.497 e. The number of hydrogen-bond acceptors (Lipinski definition) is 7. The number of methoxy groups -OCH3 is 1. The lowest BCUT2D eigenvalue weighted by Crippen LogP contribution is -2.02. The van der Waals surface area contributed by atoms with Crippen molar-refractivity contribution >= 4 is 23.2 Å². The fraction of sp³-hybridized carbons (Fsp3) is 0.0526. The fourth-order valence-electron chi connectivity index (χ4n) is 2.44. The van der Waals surface area contributed by atoms with E-state index in [9.17, 15) is 4.79 Å². The Bertz CT molecular complexity index is 1160. The van der Waals surface area contributed by atoms with Gasteiger partial charge in [0.1, 0.15) is 16.9 Å². The molecule has 4 aromatic rings. The van der Waals surface area contributed by atoms with E-state index in [2.05, 4.69) is 15.2 Å². The largest absolute Gasteiger partial charge is 0.497 e. The third-order valence-electron chi connectivity index (χ3n) is 3.70. The summed E-state index contributed by atoms with van der Waals surface area (Å²) in [5.41, 5.74) is 0.959. The van der Waals surface area contributed by atoms with E-state index in [0.29, 0.717) is 11.3 Å². The van der Waals surface area contributed by atoms with Crippen molar-refractivity contribution in [1.82, 2.24) is 10.2 Å². The molecule has 0 saturated heterocycles. The zero-order chi connectivity index (χ0) is 17.9. The molecular weight excluding hydrogens is 334 g/mol. The molecule has 2 aromatic carbocycles. The highest BCUT2D eigenvalue weighted by atomic mass is 16.5. The van der Waals surface area contributed by atoms with Crippen molar-refractivity contribution in [3.05, 3.63) is 70.6 Å². The van der Waals surface area contributed by atoms with Crippen molar-refractivity contribution in [3.8, 4) is 17.2 Å². The molecule has 7 nitrogen and oxygen atoms in total. The van der Waals surface area contributed by atoms with Crippen molar-refractivity contribution < 1.29 is 13.6 Å². The van der Waals surface area contributed by atoms with Gasteiger partial charge in [-0.3, -0.25) is 0 Å². The van der Waals surface area contributed by atoms with Gasteiger partial charge in [-0.15, -0.1) is 5.10 Å². The Morgan fingerprint density at radius 3 is 2.81 bits per heavy atom. The first kappa shape index (κ1) is 15.8. The molecule has 0 N–H and O–H groups in total. The first-order chi connectivity index (χ1) is 12.7. The van der Waals surface area contributed by atoms with Crippen molar-refractivity contribution in [1.29, 1.82) is 0 Å². The van der Waals surface area contributed by atoms with Gasteiger partial charge in [0.05, 0.1) is 7.11 Å². The second-order valence-electron chi connectivity index (χ2n) is 5.41. The lowest BCUT2D eigenvalue weighted by Gasteiger charge is -1.99. The van der Waals surface area contributed by atoms with Crippen LogP contribution >= 0.6 is 0 Å². The first-order valence-electron chi connectivity index (χ1n) is 7.78. The maximum absolute atomic E-state index is 12.1. The molecule has 0 fully saturated rings. The monoisotopic (exact) mass is 347 g/mol. The van der Waals surface area contributed by atoms with Crippen LogP contribution in [0.3, 0.4) is 0 Å². The third-order valence-corrected chi connectivity index (χ3v) is 3.70. The lowest BCUT2D eigenvalue weighted by atomic mass is 10.2. The zero-order valence-corrected chi connectivity index (χ0v) is 13.7. The molecule has 128 valence electrons. The number of benzene rings is 2. The SMILES string of the molecule is COc1cccc(/C=N/c2nnc(-c3cc4ccccc4oc3=O)o2)c1. The molecule has 4 rings (SSSR count). The summed E-state index contributed by atoms with van der Waals surface area (Å²) in [6.07, 6.45) is 1.57. The molecule has 0 atom stereocenters. The van der Waals surface area contributed by atoms with Crippen LogP contribution in [-0.2, 0) is 0 Å². The number of hydrogen-bond donors (Lipinski definition) is 0. The standard InChI is InChI=1S/C19H13N3O4/c1-24-14-7-4-5-12(9-14)11-20-19-22-21-17(26-19)15-10-13-6-2-3-8-16(13)25-18(15)23/h2-11H,1H3/b20-11+. The summed E-state index contributed by atoms with van der Waals surface area (Å²) in [5, 5.41) is 8.50. The molecule has 0 aliphatic carbocycles. The van der Waals surface area contributed by atoms with Gasteiger partial charge in [-0.25, -0.2) is 9.79 Å². The van der Waals surface area contributed by atoms with Crippen molar-refractivity contribution in [2.24, 2.45) is 4.99 Å². The van der Waals surface area contributed by atoms with Crippen molar-refractivity contribution in [3.63, 3.8) is 0 Å². The predicted molar refractivity (Wildman–Crippen MR) is 96.0 cm³/mol. The van der Waals surface area contributed by atoms with Gasteiger partial charge in [0.15, 0.2) is 0 Å². The highest BCUT2D eigenvalue weighted by molar-refractivity contribution is 5.82. The van der Waals surface area contributed by atoms with E-state index in [0.717, 1.165) is 10.9 Å². The van der Waals surface area contributed by atoms with Crippen LogP contribution < -0.4 is 10.4 Å². The summed E-state index contributed by atoms with van der Waals surface area (Å²) in [6, 6.07) is 16.3. The summed E-state index contributed by atoms with van der Waals surface area (Å²) in [6.45, 7) is 0. The number of aromatic nitrogens is 2. The minimum absolute atomic E-state index is 0.0374. The van der Waals surface area contributed by atoms with Crippen LogP contribution in [0.25, 0.3) is 22.4 Å². The van der Waals surface area contributed by atoms with Crippen molar-refractivity contribution in [2.75, 3.05) is 7.11 Å². The average Bonchev–Trinajstić information content (AvgIpc) is 3.15. The molecule has 0 saturated carbocycles. The van der Waals surface area contributed by atoms with Crippen LogP contribution in [-0.4, -0.2) is 23.5 Å². The second kappa shape index (κ2) is 6.64. The van der Waals surface area contributed by atoms with E-state index >= 15 is 0 Å². The summed E-state index contributed by atoms with van der Waals surface area (Å²) in [7, 11) is 1.59. The van der Waals surface area contributed by atoms with Gasteiger partial charge in [-0.2, -0.15) is 0 Å². The smallest absolute Gasteiger partial charge is 0.349 e. The molecule has 0 aliphatic rings. The van der Waals surface area contributed by atoms with Crippen LogP contribution in [0.15, 0.2) is 73.2 Å². The number of para-hydroxylation sites is 1. The topological polar surface area (TPSA) is 90.7 Å². The number of fused-ring (bicyclic) bond motifs is 1. The van der Waals surface area contributed by atoms with E-state index in [1.54, 1.807) is 31.5 Å². The quantitative estimate of drug-likeness (QED) is 0.414. The van der Waals surface area contributed by atoms with Crippen LogP contribution in [0.5, 0.6) is 5.75 Å². The van der Waals surface area contributed by atoms with Gasteiger partial charge in [0.25, 0.3) is 5.89 Å². The zero-order valence-electron chi connectivity index (χ0n) is 13.7. The maximum atomic E-state index is 12.1. The van der Waals surface area contributed by atoms with Crippen LogP contribution in [0.1, 0.15) is 5.56 Å². The van der Waals surface area contributed by atoms with E-state index in [4.69, 9.17) is 13.6 Å². The second-order valence-corrected chi connectivity index (χ2v) is 5.41. The number of aliphatic imine (C=N–C) groups is 1. The fourth-order valence-corrected chi connectivity index (χ4v) is 2.44. The Hall–Kier alpha value is -3.74. The predicted octanol–water partition coefficient (Wildman–Crippen LogP) is 3.60. The van der Waals surface area contributed by atoms with Crippen LogP contribution in [0, 0.1) is 0 Å². The third kappa shape index (κ3) is 3.10. The Balaban J connectivity index is 1.65. The van der Waals surface area contributed by atoms with E-state index in [-0.39, 0.29) is 17.5 Å². The maximum Gasteiger partial charge on any atom is 0.349 e. The molecule has 0 spiro atoms. The van der Waals surface area contributed by atoms with Gasteiger partial charge in [0.2, 0.25) is 0 Å². The first-order valence-corrected chi connectivity index (χ1v) is 7.78. The highest BCUT2D eigenvalue weighted by Crippen LogP contribution is 2.22. The Morgan fingerprint density at radius 1 is 1.04 bits per heavy atom. The summed E-state index contributed by atoms with van der Waals surface area (Å²) in [4.78, 5) is 16.3. The minimum atomic E-state index is -0.546. The van der Waals surface area contributed by atoms with Gasteiger partial charge in [0, 0.05) is 11.6 Å². The van der Waals surface area contributed by atoms with Gasteiger partial charge in [-0.1, -0.05) is 35.4 Å². The molecule has 0 bridgehead atoms. The molecule has 0 aliphatic heterocycles. The molecule has 2 aromatic heterocycles.